The maximum Gasteiger partial charge on any atom is 0.387 e. The fourth-order valence-corrected chi connectivity index (χ4v) is 0.585. The molecule has 0 aromatic carbocycles. The minimum atomic E-state index is -5.76. The van der Waals surface area contributed by atoms with E-state index in [2.05, 4.69) is 11.6 Å². The molecule has 0 saturated heterocycles. The molecule has 0 aromatic rings. The molecule has 1 nitrogen and oxygen atoms in total. The summed E-state index contributed by atoms with van der Waals surface area (Å²) in [6.07, 6.45) is -4.56. The number of hydrogen-bond acceptors (Lipinski definition) is 1. The molecule has 0 aliphatic rings. The Hall–Kier alpha value is -0.240. The van der Waals surface area contributed by atoms with E-state index in [1.165, 1.54) is 0 Å². The van der Waals surface area contributed by atoms with Gasteiger partial charge >= 0.3 is 17.2 Å². The maximum absolute atomic E-state index is 12.2. The summed E-state index contributed by atoms with van der Waals surface area (Å²) >= 11 is 3.74. The number of aliphatic hydroxyl groups excluding tert-OH is 1. The Morgan fingerprint density at radius 3 is 1.64 bits per heavy atom. The van der Waals surface area contributed by atoms with Crippen molar-refractivity contribution in [3.05, 3.63) is 0 Å². The molecule has 1 atom stereocenters. The Kier molecular flexibility index (Phi) is 3.66. The van der Waals surface area contributed by atoms with Gasteiger partial charge < -0.3 is 5.11 Å². The van der Waals surface area contributed by atoms with Crippen LogP contribution in [0, 0.1) is 0 Å². The topological polar surface area (TPSA) is 20.2 Å². The molecule has 0 rings (SSSR count). The highest BCUT2D eigenvalue weighted by atomic mass is 35.5. The SMILES string of the molecule is OCC(F)(F)[C@@H](F)C(F)(F)C(F)(F)Cl. The molecule has 0 aromatic heterocycles. The quantitative estimate of drug-likeness (QED) is 0.598. The highest BCUT2D eigenvalue weighted by molar-refractivity contribution is 6.22. The lowest BCUT2D eigenvalue weighted by molar-refractivity contribution is -0.253. The van der Waals surface area contributed by atoms with Gasteiger partial charge in [-0.05, 0) is 11.6 Å². The van der Waals surface area contributed by atoms with Crippen LogP contribution in [0.3, 0.4) is 0 Å². The Balaban J connectivity index is 4.94. The molecule has 0 aliphatic heterocycles. The van der Waals surface area contributed by atoms with E-state index in [1.807, 2.05) is 0 Å². The Labute approximate surface area is 78.5 Å². The first kappa shape index (κ1) is 13.8. The first-order chi connectivity index (χ1) is 5.97. The van der Waals surface area contributed by atoms with E-state index in [4.69, 9.17) is 5.11 Å². The fraction of sp³-hybridized carbons (Fsp3) is 1.00. The normalized spacial score (nSPS) is 16.9. The summed E-state index contributed by atoms with van der Waals surface area (Å²) in [5.41, 5.74) is 0. The van der Waals surface area contributed by atoms with Crippen LogP contribution in [-0.4, -0.2) is 35.1 Å². The molecule has 0 unspecified atom stereocenters. The number of alkyl halides is 8. The van der Waals surface area contributed by atoms with Crippen LogP contribution in [0.25, 0.3) is 0 Å². The van der Waals surface area contributed by atoms with Crippen molar-refractivity contribution in [2.24, 2.45) is 0 Å². The number of hydrogen-bond donors (Lipinski definition) is 1. The molecule has 0 radical (unpaired) electrons. The van der Waals surface area contributed by atoms with Crippen LogP contribution in [0.2, 0.25) is 0 Å². The largest absolute Gasteiger partial charge is 0.390 e. The second-order valence-electron chi connectivity index (χ2n) is 2.40. The predicted octanol–water partition coefficient (Wildman–Crippen LogP) is 2.42. The van der Waals surface area contributed by atoms with Crippen molar-refractivity contribution in [3.8, 4) is 0 Å². The molecule has 0 aliphatic carbocycles. The fourth-order valence-electron chi connectivity index (χ4n) is 0.489. The zero-order valence-corrected chi connectivity index (χ0v) is 7.01. The second kappa shape index (κ2) is 3.73. The Morgan fingerprint density at radius 1 is 1.07 bits per heavy atom. The van der Waals surface area contributed by atoms with Crippen LogP contribution < -0.4 is 0 Å². The van der Waals surface area contributed by atoms with Crippen LogP contribution >= 0.6 is 11.6 Å². The third kappa shape index (κ3) is 2.41. The van der Waals surface area contributed by atoms with Crippen molar-refractivity contribution in [2.75, 3.05) is 6.61 Å². The molecule has 0 bridgehead atoms. The van der Waals surface area contributed by atoms with E-state index in [0.29, 0.717) is 0 Å². The van der Waals surface area contributed by atoms with Gasteiger partial charge in [-0.25, -0.2) is 13.2 Å². The summed E-state index contributed by atoms with van der Waals surface area (Å²) in [5.74, 6) is -10.7. The smallest absolute Gasteiger partial charge is 0.387 e. The predicted molar refractivity (Wildman–Crippen MR) is 32.7 cm³/mol. The van der Waals surface area contributed by atoms with Crippen molar-refractivity contribution >= 4 is 11.6 Å². The van der Waals surface area contributed by atoms with Gasteiger partial charge in [0.15, 0.2) is 0 Å². The highest BCUT2D eigenvalue weighted by Crippen LogP contribution is 2.45. The second-order valence-corrected chi connectivity index (χ2v) is 2.88. The van der Waals surface area contributed by atoms with E-state index in [-0.39, 0.29) is 0 Å². The van der Waals surface area contributed by atoms with Gasteiger partial charge in [0.25, 0.3) is 0 Å². The summed E-state index contributed by atoms with van der Waals surface area (Å²) in [6, 6.07) is 0. The maximum atomic E-state index is 12.2. The molecule has 14 heavy (non-hydrogen) atoms. The van der Waals surface area contributed by atoms with Crippen molar-refractivity contribution in [1.29, 1.82) is 0 Å². The number of halogens is 8. The third-order valence-electron chi connectivity index (χ3n) is 1.28. The van der Waals surface area contributed by atoms with Crippen LogP contribution in [-0.2, 0) is 0 Å². The van der Waals surface area contributed by atoms with E-state index in [0.717, 1.165) is 0 Å². The Bertz CT molecular complexity index is 201. The lowest BCUT2D eigenvalue weighted by atomic mass is 10.1. The van der Waals surface area contributed by atoms with Crippen LogP contribution in [0.4, 0.5) is 30.7 Å². The first-order valence-electron chi connectivity index (χ1n) is 3.04. The molecular formula is C5H4ClF7O. The summed E-state index contributed by atoms with van der Waals surface area (Å²) in [4.78, 5) is 0. The van der Waals surface area contributed by atoms with E-state index in [9.17, 15) is 30.7 Å². The average Bonchev–Trinajstić information content (AvgIpc) is 2.01. The average molecular weight is 249 g/mol. The van der Waals surface area contributed by atoms with Gasteiger partial charge in [0.05, 0.1) is 0 Å². The van der Waals surface area contributed by atoms with Crippen molar-refractivity contribution in [2.45, 2.75) is 23.4 Å². The molecule has 0 saturated carbocycles. The van der Waals surface area contributed by atoms with Gasteiger partial charge in [0.1, 0.15) is 6.61 Å². The van der Waals surface area contributed by atoms with Crippen molar-refractivity contribution in [3.63, 3.8) is 0 Å². The Morgan fingerprint density at radius 2 is 1.43 bits per heavy atom. The molecular weight excluding hydrogens is 244 g/mol. The van der Waals surface area contributed by atoms with Gasteiger partial charge in [0, 0.05) is 0 Å². The molecule has 0 amide bonds. The summed E-state index contributed by atoms with van der Waals surface area (Å²) in [5, 5.41) is 2.33. The molecule has 9 heteroatoms. The van der Waals surface area contributed by atoms with Gasteiger partial charge in [0.2, 0.25) is 6.17 Å². The first-order valence-corrected chi connectivity index (χ1v) is 3.42. The molecule has 0 fully saturated rings. The summed E-state index contributed by atoms with van der Waals surface area (Å²) < 4.78 is 84.3. The minimum Gasteiger partial charge on any atom is -0.390 e. The molecule has 86 valence electrons. The van der Waals surface area contributed by atoms with E-state index >= 15 is 0 Å². The van der Waals surface area contributed by atoms with E-state index in [1.54, 1.807) is 0 Å². The zero-order chi connectivity index (χ0) is 11.8. The lowest BCUT2D eigenvalue weighted by Crippen LogP contribution is -2.53. The van der Waals surface area contributed by atoms with Gasteiger partial charge in [-0.2, -0.15) is 17.6 Å². The summed E-state index contributed by atoms with van der Waals surface area (Å²) in [6.45, 7) is -2.32. The zero-order valence-electron chi connectivity index (χ0n) is 6.26. The van der Waals surface area contributed by atoms with Crippen LogP contribution in [0.1, 0.15) is 0 Å². The minimum absolute atomic E-state index is 2.32. The highest BCUT2D eigenvalue weighted by Gasteiger charge is 2.68. The van der Waals surface area contributed by atoms with Gasteiger partial charge in [-0.1, -0.05) is 0 Å². The van der Waals surface area contributed by atoms with Gasteiger partial charge in [-0.3, -0.25) is 0 Å². The van der Waals surface area contributed by atoms with Crippen LogP contribution in [0.15, 0.2) is 0 Å². The third-order valence-corrected chi connectivity index (χ3v) is 1.53. The number of rotatable bonds is 4. The summed E-state index contributed by atoms with van der Waals surface area (Å²) in [7, 11) is 0. The number of aliphatic hydroxyl groups is 1. The van der Waals surface area contributed by atoms with Crippen molar-refractivity contribution in [1.82, 2.24) is 0 Å². The van der Waals surface area contributed by atoms with Gasteiger partial charge in [-0.15, -0.1) is 0 Å². The monoisotopic (exact) mass is 248 g/mol. The van der Waals surface area contributed by atoms with Crippen LogP contribution in [0.5, 0.6) is 0 Å². The standard InChI is InChI=1S/C5H4ClF7O/c6-5(12,13)4(10,11)2(7)3(8,9)1-14/h2,14H,1H2/t2-/m1/s1. The molecule has 0 spiro atoms. The molecule has 0 heterocycles. The van der Waals surface area contributed by atoms with E-state index < -0.39 is 30.0 Å². The lowest BCUT2D eigenvalue weighted by Gasteiger charge is -2.28. The van der Waals surface area contributed by atoms with Crippen molar-refractivity contribution < 1.29 is 35.8 Å². The molecule has 1 N–H and O–H groups in total.